The highest BCUT2D eigenvalue weighted by molar-refractivity contribution is 5.91. The molecule has 124 valence electrons. The SMILES string of the molecule is Cc1ccc(C)c(NC(=O)CCn2nc(C(F)(F)F)cc2C)c1. The third-order valence-corrected chi connectivity index (χ3v) is 3.49. The molecular formula is C16H18F3N3O. The number of anilines is 1. The normalized spacial score (nSPS) is 11.6. The van der Waals surface area contributed by atoms with Gasteiger partial charge in [-0.1, -0.05) is 12.1 Å². The molecule has 1 aromatic heterocycles. The average Bonchev–Trinajstić information content (AvgIpc) is 2.82. The first-order valence-corrected chi connectivity index (χ1v) is 7.15. The zero-order valence-corrected chi connectivity index (χ0v) is 13.2. The maximum atomic E-state index is 12.6. The van der Waals surface area contributed by atoms with Crippen LogP contribution in [0.4, 0.5) is 18.9 Å². The van der Waals surface area contributed by atoms with Gasteiger partial charge in [0.05, 0.1) is 0 Å². The lowest BCUT2D eigenvalue weighted by molar-refractivity contribution is -0.141. The molecule has 0 saturated heterocycles. The molecule has 0 aliphatic carbocycles. The van der Waals surface area contributed by atoms with Crippen molar-refractivity contribution in [2.75, 3.05) is 5.32 Å². The maximum absolute atomic E-state index is 12.6. The zero-order valence-electron chi connectivity index (χ0n) is 13.2. The summed E-state index contributed by atoms with van der Waals surface area (Å²) in [6.07, 6.45) is -4.43. The van der Waals surface area contributed by atoms with Crippen molar-refractivity contribution >= 4 is 11.6 Å². The van der Waals surface area contributed by atoms with Crippen LogP contribution < -0.4 is 5.32 Å². The van der Waals surface area contributed by atoms with E-state index >= 15 is 0 Å². The number of nitrogens with one attached hydrogen (secondary N) is 1. The van der Waals surface area contributed by atoms with Crippen LogP contribution in [0.3, 0.4) is 0 Å². The molecule has 23 heavy (non-hydrogen) atoms. The molecular weight excluding hydrogens is 307 g/mol. The Labute approximate surface area is 132 Å². The molecule has 0 fully saturated rings. The first-order chi connectivity index (χ1) is 10.7. The second-order valence-corrected chi connectivity index (χ2v) is 5.51. The van der Waals surface area contributed by atoms with E-state index in [0.29, 0.717) is 11.4 Å². The minimum atomic E-state index is -4.48. The number of aromatic nitrogens is 2. The minimum absolute atomic E-state index is 0.0488. The highest BCUT2D eigenvalue weighted by Crippen LogP contribution is 2.28. The number of nitrogens with zero attached hydrogens (tertiary/aromatic N) is 2. The molecule has 0 aliphatic heterocycles. The first-order valence-electron chi connectivity index (χ1n) is 7.15. The lowest BCUT2D eigenvalue weighted by Gasteiger charge is -2.10. The summed E-state index contributed by atoms with van der Waals surface area (Å²) in [5, 5.41) is 6.28. The lowest BCUT2D eigenvalue weighted by Crippen LogP contribution is -2.16. The highest BCUT2D eigenvalue weighted by Gasteiger charge is 2.34. The quantitative estimate of drug-likeness (QED) is 0.928. The van der Waals surface area contributed by atoms with Crippen LogP contribution in [0.25, 0.3) is 0 Å². The van der Waals surface area contributed by atoms with E-state index in [1.54, 1.807) is 0 Å². The van der Waals surface area contributed by atoms with Crippen LogP contribution in [0.5, 0.6) is 0 Å². The van der Waals surface area contributed by atoms with E-state index in [0.717, 1.165) is 17.2 Å². The van der Waals surface area contributed by atoms with Crippen LogP contribution in [0.1, 0.15) is 28.9 Å². The van der Waals surface area contributed by atoms with E-state index in [1.165, 1.54) is 11.6 Å². The molecule has 1 aromatic carbocycles. The second-order valence-electron chi connectivity index (χ2n) is 5.51. The number of carbonyl (C=O) groups excluding carboxylic acids is 1. The van der Waals surface area contributed by atoms with Gasteiger partial charge < -0.3 is 5.32 Å². The summed E-state index contributed by atoms with van der Waals surface area (Å²) >= 11 is 0. The van der Waals surface area contributed by atoms with Gasteiger partial charge in [-0.05, 0) is 44.0 Å². The van der Waals surface area contributed by atoms with E-state index < -0.39 is 11.9 Å². The van der Waals surface area contributed by atoms with Crippen LogP contribution in [0, 0.1) is 20.8 Å². The Morgan fingerprint density at radius 1 is 1.22 bits per heavy atom. The number of aryl methyl sites for hydroxylation is 4. The van der Waals surface area contributed by atoms with Gasteiger partial charge >= 0.3 is 6.18 Å². The Hall–Kier alpha value is -2.31. The summed E-state index contributed by atoms with van der Waals surface area (Å²) < 4.78 is 39.0. The smallest absolute Gasteiger partial charge is 0.326 e. The molecule has 0 atom stereocenters. The van der Waals surface area contributed by atoms with Crippen LogP contribution >= 0.6 is 0 Å². The van der Waals surface area contributed by atoms with E-state index in [2.05, 4.69) is 10.4 Å². The molecule has 1 amide bonds. The number of rotatable bonds is 4. The molecule has 7 heteroatoms. The van der Waals surface area contributed by atoms with Gasteiger partial charge in [-0.3, -0.25) is 9.48 Å². The number of benzene rings is 1. The van der Waals surface area contributed by atoms with Crippen LogP contribution in [0.15, 0.2) is 24.3 Å². The molecule has 0 saturated carbocycles. The van der Waals surface area contributed by atoms with Crippen LogP contribution in [0.2, 0.25) is 0 Å². The van der Waals surface area contributed by atoms with Crippen molar-refractivity contribution in [3.05, 3.63) is 46.8 Å². The molecule has 0 aliphatic rings. The first kappa shape index (κ1) is 17.1. The maximum Gasteiger partial charge on any atom is 0.435 e. The minimum Gasteiger partial charge on any atom is -0.326 e. The fourth-order valence-electron chi connectivity index (χ4n) is 2.17. The fourth-order valence-corrected chi connectivity index (χ4v) is 2.17. The van der Waals surface area contributed by atoms with Crippen molar-refractivity contribution in [2.24, 2.45) is 0 Å². The summed E-state index contributed by atoms with van der Waals surface area (Å²) in [4.78, 5) is 12.0. The van der Waals surface area contributed by atoms with E-state index in [-0.39, 0.29) is 18.9 Å². The van der Waals surface area contributed by atoms with E-state index in [4.69, 9.17) is 0 Å². The van der Waals surface area contributed by atoms with Gasteiger partial charge in [0.15, 0.2) is 5.69 Å². The van der Waals surface area contributed by atoms with Gasteiger partial charge in [0.1, 0.15) is 0 Å². The van der Waals surface area contributed by atoms with Gasteiger partial charge in [-0.15, -0.1) is 0 Å². The highest BCUT2D eigenvalue weighted by atomic mass is 19.4. The van der Waals surface area contributed by atoms with E-state index in [1.807, 2.05) is 32.0 Å². The van der Waals surface area contributed by atoms with Crippen molar-refractivity contribution < 1.29 is 18.0 Å². The van der Waals surface area contributed by atoms with Crippen molar-refractivity contribution in [1.82, 2.24) is 9.78 Å². The predicted molar refractivity (Wildman–Crippen MR) is 81.1 cm³/mol. The van der Waals surface area contributed by atoms with Gasteiger partial charge in [0.2, 0.25) is 5.91 Å². The van der Waals surface area contributed by atoms with Crippen LogP contribution in [-0.2, 0) is 17.5 Å². The molecule has 0 spiro atoms. The average molecular weight is 325 g/mol. The van der Waals surface area contributed by atoms with Gasteiger partial charge in [0.25, 0.3) is 0 Å². The number of hydrogen-bond donors (Lipinski definition) is 1. The Morgan fingerprint density at radius 3 is 2.52 bits per heavy atom. The third-order valence-electron chi connectivity index (χ3n) is 3.49. The third kappa shape index (κ3) is 4.34. The predicted octanol–water partition coefficient (Wildman–Crippen LogP) is 3.86. The summed E-state index contributed by atoms with van der Waals surface area (Å²) in [6, 6.07) is 6.67. The lowest BCUT2D eigenvalue weighted by atomic mass is 10.1. The zero-order chi connectivity index (χ0) is 17.2. The Kier molecular flexibility index (Phi) is 4.77. The standard InChI is InChI=1S/C16H18F3N3O/c1-10-4-5-11(2)13(8-10)20-15(23)6-7-22-12(3)9-14(21-22)16(17,18)19/h4-5,8-9H,6-7H2,1-3H3,(H,20,23). The molecule has 2 aromatic rings. The van der Waals surface area contributed by atoms with Gasteiger partial charge in [-0.25, -0.2) is 0 Å². The number of hydrogen-bond acceptors (Lipinski definition) is 2. The van der Waals surface area contributed by atoms with Gasteiger partial charge in [0, 0.05) is 24.3 Å². The van der Waals surface area contributed by atoms with E-state index in [9.17, 15) is 18.0 Å². The monoisotopic (exact) mass is 325 g/mol. The second kappa shape index (κ2) is 6.44. The molecule has 4 nitrogen and oxygen atoms in total. The van der Waals surface area contributed by atoms with Gasteiger partial charge in [-0.2, -0.15) is 18.3 Å². The van der Waals surface area contributed by atoms with Crippen molar-refractivity contribution in [3.8, 4) is 0 Å². The summed E-state index contributed by atoms with van der Waals surface area (Å²) in [5.41, 5.74) is 2.09. The van der Waals surface area contributed by atoms with Crippen molar-refractivity contribution in [3.63, 3.8) is 0 Å². The topological polar surface area (TPSA) is 46.9 Å². The Balaban J connectivity index is 2.00. The molecule has 0 bridgehead atoms. The summed E-state index contributed by atoms with van der Waals surface area (Å²) in [6.45, 7) is 5.42. The number of halogens is 3. The number of alkyl halides is 3. The van der Waals surface area contributed by atoms with Crippen LogP contribution in [-0.4, -0.2) is 15.7 Å². The summed E-state index contributed by atoms with van der Waals surface area (Å²) in [7, 11) is 0. The molecule has 1 heterocycles. The largest absolute Gasteiger partial charge is 0.435 e. The van der Waals surface area contributed by atoms with Crippen molar-refractivity contribution in [2.45, 2.75) is 39.9 Å². The summed E-state index contributed by atoms with van der Waals surface area (Å²) in [5.74, 6) is -0.262. The van der Waals surface area contributed by atoms with Crippen molar-refractivity contribution in [1.29, 1.82) is 0 Å². The Bertz CT molecular complexity index is 720. The number of carbonyl (C=O) groups is 1. The molecule has 0 unspecified atom stereocenters. The molecule has 0 radical (unpaired) electrons. The molecule has 1 N–H and O–H groups in total. The number of amides is 1. The fraction of sp³-hybridized carbons (Fsp3) is 0.375. The Morgan fingerprint density at radius 2 is 1.91 bits per heavy atom. The molecule has 2 rings (SSSR count).